The minimum Gasteiger partial charge on any atom is -0.320 e. The lowest BCUT2D eigenvalue weighted by Gasteiger charge is -2.19. The molecule has 2 heterocycles. The number of halogens is 1. The third-order valence-corrected chi connectivity index (χ3v) is 4.68. The second kappa shape index (κ2) is 6.51. The molecular formula is C14H15ClN4OS. The van der Waals surface area contributed by atoms with Crippen LogP contribution in [-0.2, 0) is 0 Å². The van der Waals surface area contributed by atoms with Crippen molar-refractivity contribution in [2.45, 2.75) is 18.8 Å². The Hall–Kier alpha value is -1.50. The normalized spacial score (nSPS) is 18.4. The predicted octanol–water partition coefficient (Wildman–Crippen LogP) is 2.91. The van der Waals surface area contributed by atoms with E-state index in [1.807, 2.05) is 0 Å². The van der Waals surface area contributed by atoms with Crippen molar-refractivity contribution in [3.63, 3.8) is 0 Å². The molecule has 1 unspecified atom stereocenters. The summed E-state index contributed by atoms with van der Waals surface area (Å²) < 4.78 is 0. The molecule has 1 aliphatic rings. The van der Waals surface area contributed by atoms with Crippen LogP contribution >= 0.6 is 22.9 Å². The van der Waals surface area contributed by atoms with Crippen LogP contribution in [0.2, 0.25) is 5.02 Å². The lowest BCUT2D eigenvalue weighted by Crippen LogP contribution is -2.28. The van der Waals surface area contributed by atoms with Crippen LogP contribution in [-0.4, -0.2) is 29.2 Å². The Morgan fingerprint density at radius 1 is 1.43 bits per heavy atom. The summed E-state index contributed by atoms with van der Waals surface area (Å²) in [6.45, 7) is 1.96. The molecule has 1 aromatic carbocycles. The van der Waals surface area contributed by atoms with Crippen molar-refractivity contribution in [2.75, 3.05) is 18.4 Å². The lowest BCUT2D eigenvalue weighted by molar-refractivity contribution is 0.102. The van der Waals surface area contributed by atoms with Gasteiger partial charge in [-0.25, -0.2) is 0 Å². The van der Waals surface area contributed by atoms with Gasteiger partial charge in [-0.05, 0) is 37.6 Å². The van der Waals surface area contributed by atoms with Crippen LogP contribution in [0.5, 0.6) is 0 Å². The van der Waals surface area contributed by atoms with Gasteiger partial charge in [0, 0.05) is 23.2 Å². The molecule has 1 amide bonds. The van der Waals surface area contributed by atoms with E-state index in [0.29, 0.717) is 21.6 Å². The van der Waals surface area contributed by atoms with Gasteiger partial charge >= 0.3 is 0 Å². The molecule has 0 radical (unpaired) electrons. The van der Waals surface area contributed by atoms with Gasteiger partial charge in [0.05, 0.1) is 0 Å². The summed E-state index contributed by atoms with van der Waals surface area (Å²) >= 11 is 7.26. The first-order chi connectivity index (χ1) is 10.2. The Kier molecular flexibility index (Phi) is 4.48. The number of hydrogen-bond acceptors (Lipinski definition) is 5. The van der Waals surface area contributed by atoms with Gasteiger partial charge in [0.2, 0.25) is 5.01 Å². The fourth-order valence-corrected chi connectivity index (χ4v) is 3.37. The molecule has 2 N–H and O–H groups in total. The van der Waals surface area contributed by atoms with Crippen LogP contribution in [0.4, 0.5) is 5.69 Å². The number of nitrogens with zero attached hydrogens (tertiary/aromatic N) is 2. The molecule has 1 atom stereocenters. The minimum atomic E-state index is -0.246. The molecule has 3 rings (SSSR count). The third kappa shape index (κ3) is 3.58. The summed E-state index contributed by atoms with van der Waals surface area (Å²) in [5.74, 6) is 0.119. The van der Waals surface area contributed by atoms with E-state index in [1.165, 1.54) is 11.3 Å². The van der Waals surface area contributed by atoms with Crippen LogP contribution in [0.15, 0.2) is 24.3 Å². The van der Waals surface area contributed by atoms with Crippen molar-refractivity contribution in [2.24, 2.45) is 0 Å². The van der Waals surface area contributed by atoms with E-state index in [2.05, 4.69) is 20.8 Å². The number of rotatable bonds is 3. The highest BCUT2D eigenvalue weighted by atomic mass is 35.5. The Morgan fingerprint density at radius 2 is 2.33 bits per heavy atom. The summed E-state index contributed by atoms with van der Waals surface area (Å²) in [5.41, 5.74) is 0.656. The Bertz CT molecular complexity index is 639. The van der Waals surface area contributed by atoms with Crippen LogP contribution in [0.3, 0.4) is 0 Å². The smallest absolute Gasteiger partial charge is 0.286 e. The maximum Gasteiger partial charge on any atom is 0.286 e. The van der Waals surface area contributed by atoms with Gasteiger partial charge in [-0.1, -0.05) is 29.0 Å². The van der Waals surface area contributed by atoms with Gasteiger partial charge < -0.3 is 10.6 Å². The first kappa shape index (κ1) is 14.4. The van der Waals surface area contributed by atoms with E-state index >= 15 is 0 Å². The number of carbonyl (C=O) groups is 1. The molecule has 1 aromatic heterocycles. The van der Waals surface area contributed by atoms with Gasteiger partial charge in [0.25, 0.3) is 5.91 Å². The molecular weight excluding hydrogens is 308 g/mol. The Labute approximate surface area is 131 Å². The molecule has 1 aliphatic heterocycles. The minimum absolute atomic E-state index is 0.246. The van der Waals surface area contributed by atoms with Crippen molar-refractivity contribution < 1.29 is 4.79 Å². The Morgan fingerprint density at radius 3 is 3.10 bits per heavy atom. The molecule has 1 fully saturated rings. The summed E-state index contributed by atoms with van der Waals surface area (Å²) in [6.07, 6.45) is 2.23. The van der Waals surface area contributed by atoms with Crippen molar-refractivity contribution in [1.82, 2.24) is 15.5 Å². The van der Waals surface area contributed by atoms with Crippen molar-refractivity contribution in [3.05, 3.63) is 39.3 Å². The summed E-state index contributed by atoms with van der Waals surface area (Å²) in [5, 5.41) is 16.2. The lowest BCUT2D eigenvalue weighted by atomic mass is 10.0. The van der Waals surface area contributed by atoms with Crippen molar-refractivity contribution in [1.29, 1.82) is 0 Å². The number of carbonyl (C=O) groups excluding carboxylic acids is 1. The monoisotopic (exact) mass is 322 g/mol. The van der Waals surface area contributed by atoms with Crippen molar-refractivity contribution in [3.8, 4) is 0 Å². The second-order valence-corrected chi connectivity index (χ2v) is 6.40. The first-order valence-corrected chi connectivity index (χ1v) is 8.03. The number of anilines is 1. The van der Waals surface area contributed by atoms with E-state index in [9.17, 15) is 4.79 Å². The number of hydrogen-bond donors (Lipinski definition) is 2. The highest BCUT2D eigenvalue weighted by Gasteiger charge is 2.21. The van der Waals surface area contributed by atoms with Crippen molar-refractivity contribution >= 4 is 34.5 Å². The fraction of sp³-hybridized carbons (Fsp3) is 0.357. The molecule has 5 nitrogen and oxygen atoms in total. The van der Waals surface area contributed by atoms with E-state index in [-0.39, 0.29) is 5.91 Å². The number of piperidine rings is 1. The topological polar surface area (TPSA) is 66.9 Å². The average Bonchev–Trinajstić information content (AvgIpc) is 2.98. The largest absolute Gasteiger partial charge is 0.320 e. The SMILES string of the molecule is O=C(Nc1cccc(Cl)c1)c1nnc(C2CCCNC2)s1. The zero-order valence-electron chi connectivity index (χ0n) is 11.3. The second-order valence-electron chi connectivity index (χ2n) is 4.95. The van der Waals surface area contributed by atoms with E-state index < -0.39 is 0 Å². The molecule has 0 saturated carbocycles. The zero-order valence-corrected chi connectivity index (χ0v) is 12.9. The quantitative estimate of drug-likeness (QED) is 0.911. The maximum atomic E-state index is 12.2. The molecule has 2 aromatic rings. The summed E-state index contributed by atoms with van der Waals surface area (Å²) in [6, 6.07) is 7.04. The molecule has 7 heteroatoms. The van der Waals surface area contributed by atoms with E-state index in [1.54, 1.807) is 24.3 Å². The number of nitrogens with one attached hydrogen (secondary N) is 2. The van der Waals surface area contributed by atoms with Gasteiger partial charge in [-0.3, -0.25) is 4.79 Å². The average molecular weight is 323 g/mol. The highest BCUT2D eigenvalue weighted by Crippen LogP contribution is 2.26. The van der Waals surface area contributed by atoms with Gasteiger partial charge in [0.15, 0.2) is 0 Å². The molecule has 0 bridgehead atoms. The molecule has 0 spiro atoms. The number of aromatic nitrogens is 2. The van der Waals surface area contributed by atoms with Crippen LogP contribution < -0.4 is 10.6 Å². The van der Waals surface area contributed by atoms with Gasteiger partial charge in [0.1, 0.15) is 5.01 Å². The molecule has 0 aliphatic carbocycles. The van der Waals surface area contributed by atoms with Gasteiger partial charge in [-0.2, -0.15) is 0 Å². The number of amides is 1. The number of benzene rings is 1. The third-order valence-electron chi connectivity index (χ3n) is 3.36. The van der Waals surface area contributed by atoms with Gasteiger partial charge in [-0.15, -0.1) is 10.2 Å². The molecule has 110 valence electrons. The zero-order chi connectivity index (χ0) is 14.7. The van der Waals surface area contributed by atoms with Crippen LogP contribution in [0.25, 0.3) is 0 Å². The standard InChI is InChI=1S/C14H15ClN4OS/c15-10-4-1-5-11(7-10)17-12(20)14-19-18-13(21-14)9-3-2-6-16-8-9/h1,4-5,7,9,16H,2-3,6,8H2,(H,17,20). The van der Waals surface area contributed by atoms with Crippen LogP contribution in [0, 0.1) is 0 Å². The maximum absolute atomic E-state index is 12.2. The van der Waals surface area contributed by atoms with Crippen LogP contribution in [0.1, 0.15) is 33.6 Å². The molecule has 1 saturated heterocycles. The summed E-state index contributed by atoms with van der Waals surface area (Å²) in [4.78, 5) is 12.2. The Balaban J connectivity index is 1.69. The molecule has 21 heavy (non-hydrogen) atoms. The summed E-state index contributed by atoms with van der Waals surface area (Å²) in [7, 11) is 0. The predicted molar refractivity (Wildman–Crippen MR) is 84.2 cm³/mol. The van der Waals surface area contributed by atoms with E-state index in [0.717, 1.165) is 30.9 Å². The fourth-order valence-electron chi connectivity index (χ4n) is 2.30. The first-order valence-electron chi connectivity index (χ1n) is 6.83. The van der Waals surface area contributed by atoms with E-state index in [4.69, 9.17) is 11.6 Å². The highest BCUT2D eigenvalue weighted by molar-refractivity contribution is 7.13.